The molecular weight excluding hydrogens is 232 g/mol. The van der Waals surface area contributed by atoms with Gasteiger partial charge in [-0.1, -0.05) is 37.3 Å². The van der Waals surface area contributed by atoms with Crippen LogP contribution in [0.2, 0.25) is 0 Å². The zero-order valence-corrected chi connectivity index (χ0v) is 12.6. The first-order valence-corrected chi connectivity index (χ1v) is 7.63. The van der Waals surface area contributed by atoms with Crippen LogP contribution >= 0.6 is 0 Å². The fourth-order valence-electron chi connectivity index (χ4n) is 3.75. The molecule has 0 amide bonds. The van der Waals surface area contributed by atoms with Crippen LogP contribution in [0.3, 0.4) is 0 Å². The first-order valence-electron chi connectivity index (χ1n) is 7.63. The second-order valence-electron chi connectivity index (χ2n) is 6.26. The van der Waals surface area contributed by atoms with Crippen LogP contribution in [0.5, 0.6) is 0 Å². The van der Waals surface area contributed by atoms with E-state index in [1.807, 2.05) is 0 Å². The quantitative estimate of drug-likeness (QED) is 0.881. The van der Waals surface area contributed by atoms with E-state index < -0.39 is 0 Å². The number of likely N-dealkylation sites (tertiary alicyclic amines) is 1. The van der Waals surface area contributed by atoms with E-state index >= 15 is 0 Å². The maximum absolute atomic E-state index is 6.17. The van der Waals surface area contributed by atoms with Crippen LogP contribution in [0.25, 0.3) is 0 Å². The summed E-state index contributed by atoms with van der Waals surface area (Å²) in [6.45, 7) is 7.72. The third-order valence-electron chi connectivity index (χ3n) is 4.75. The summed E-state index contributed by atoms with van der Waals surface area (Å²) in [6, 6.07) is 12.1. The summed E-state index contributed by atoms with van der Waals surface area (Å²) in [6.07, 6.45) is 4.91. The smallest absolute Gasteiger partial charge is 0.0349 e. The standard InChI is InChI=1S/C17H28N2/c1-4-16-11-10-14(2)19(16)17(3,13-18)12-15-8-6-5-7-9-15/h5-9,14,16H,4,10-13,18H2,1-3H3. The number of benzene rings is 1. The third kappa shape index (κ3) is 3.01. The van der Waals surface area contributed by atoms with Gasteiger partial charge in [0.05, 0.1) is 0 Å². The largest absolute Gasteiger partial charge is 0.329 e. The summed E-state index contributed by atoms with van der Waals surface area (Å²) in [4.78, 5) is 2.69. The van der Waals surface area contributed by atoms with E-state index in [1.54, 1.807) is 0 Å². The first-order chi connectivity index (χ1) is 9.10. The first kappa shape index (κ1) is 14.5. The highest BCUT2D eigenvalue weighted by molar-refractivity contribution is 5.18. The van der Waals surface area contributed by atoms with E-state index in [2.05, 4.69) is 56.0 Å². The van der Waals surface area contributed by atoms with Crippen molar-refractivity contribution >= 4 is 0 Å². The van der Waals surface area contributed by atoms with Gasteiger partial charge in [-0.3, -0.25) is 4.90 Å². The van der Waals surface area contributed by atoms with Gasteiger partial charge in [-0.25, -0.2) is 0 Å². The van der Waals surface area contributed by atoms with Crippen molar-refractivity contribution in [1.82, 2.24) is 4.90 Å². The van der Waals surface area contributed by atoms with Crippen LogP contribution in [0, 0.1) is 0 Å². The second kappa shape index (κ2) is 6.06. The molecule has 0 aromatic heterocycles. The van der Waals surface area contributed by atoms with Gasteiger partial charge in [-0.2, -0.15) is 0 Å². The summed E-state index contributed by atoms with van der Waals surface area (Å²) < 4.78 is 0. The lowest BCUT2D eigenvalue weighted by Gasteiger charge is -2.44. The van der Waals surface area contributed by atoms with Crippen molar-refractivity contribution in [1.29, 1.82) is 0 Å². The molecule has 0 aliphatic carbocycles. The molecule has 1 aliphatic rings. The van der Waals surface area contributed by atoms with Crippen molar-refractivity contribution in [2.24, 2.45) is 5.73 Å². The molecule has 1 fully saturated rings. The van der Waals surface area contributed by atoms with Gasteiger partial charge >= 0.3 is 0 Å². The van der Waals surface area contributed by atoms with Crippen LogP contribution in [0.4, 0.5) is 0 Å². The van der Waals surface area contributed by atoms with E-state index in [-0.39, 0.29) is 5.54 Å². The molecule has 1 aromatic rings. The average Bonchev–Trinajstić information content (AvgIpc) is 2.81. The van der Waals surface area contributed by atoms with Gasteiger partial charge in [0.25, 0.3) is 0 Å². The molecular formula is C17H28N2. The highest BCUT2D eigenvalue weighted by Gasteiger charge is 2.41. The minimum absolute atomic E-state index is 0.0813. The Kier molecular flexibility index (Phi) is 4.64. The Hall–Kier alpha value is -0.860. The lowest BCUT2D eigenvalue weighted by atomic mass is 9.89. The Balaban J connectivity index is 2.21. The van der Waals surface area contributed by atoms with Gasteiger partial charge < -0.3 is 5.73 Å². The van der Waals surface area contributed by atoms with Gasteiger partial charge in [0.2, 0.25) is 0 Å². The molecule has 0 spiro atoms. The van der Waals surface area contributed by atoms with Crippen molar-refractivity contribution in [3.8, 4) is 0 Å². The normalized spacial score (nSPS) is 27.4. The maximum Gasteiger partial charge on any atom is 0.0349 e. The van der Waals surface area contributed by atoms with Gasteiger partial charge in [0.1, 0.15) is 0 Å². The van der Waals surface area contributed by atoms with Gasteiger partial charge in [0.15, 0.2) is 0 Å². The monoisotopic (exact) mass is 260 g/mol. The molecule has 19 heavy (non-hydrogen) atoms. The van der Waals surface area contributed by atoms with Crippen LogP contribution < -0.4 is 5.73 Å². The summed E-state index contributed by atoms with van der Waals surface area (Å²) >= 11 is 0. The molecule has 1 aromatic carbocycles. The summed E-state index contributed by atoms with van der Waals surface area (Å²) in [5.41, 5.74) is 7.65. The number of rotatable bonds is 5. The summed E-state index contributed by atoms with van der Waals surface area (Å²) in [7, 11) is 0. The van der Waals surface area contributed by atoms with Crippen molar-refractivity contribution in [2.75, 3.05) is 6.54 Å². The molecule has 106 valence electrons. The SMILES string of the molecule is CCC1CCC(C)N1C(C)(CN)Cc1ccccc1. The zero-order chi connectivity index (χ0) is 13.9. The lowest BCUT2D eigenvalue weighted by molar-refractivity contribution is 0.0595. The molecule has 2 heteroatoms. The average molecular weight is 260 g/mol. The van der Waals surface area contributed by atoms with Crippen molar-refractivity contribution < 1.29 is 0 Å². The van der Waals surface area contributed by atoms with Crippen LogP contribution in [-0.2, 0) is 6.42 Å². The molecule has 1 saturated heterocycles. The third-order valence-corrected chi connectivity index (χ3v) is 4.75. The van der Waals surface area contributed by atoms with E-state index in [0.717, 1.165) is 13.0 Å². The molecule has 0 saturated carbocycles. The Bertz CT molecular complexity index is 390. The molecule has 0 radical (unpaired) electrons. The Morgan fingerprint density at radius 2 is 1.95 bits per heavy atom. The van der Waals surface area contributed by atoms with E-state index in [4.69, 9.17) is 5.73 Å². The summed E-state index contributed by atoms with van der Waals surface area (Å²) in [5, 5.41) is 0. The fraction of sp³-hybridized carbons (Fsp3) is 0.647. The van der Waals surface area contributed by atoms with Crippen LogP contribution in [-0.4, -0.2) is 29.1 Å². The zero-order valence-electron chi connectivity index (χ0n) is 12.6. The minimum Gasteiger partial charge on any atom is -0.329 e. The van der Waals surface area contributed by atoms with Crippen molar-refractivity contribution in [3.63, 3.8) is 0 Å². The van der Waals surface area contributed by atoms with E-state index in [1.165, 1.54) is 24.8 Å². The number of hydrogen-bond donors (Lipinski definition) is 1. The maximum atomic E-state index is 6.17. The molecule has 3 unspecified atom stereocenters. The number of hydrogen-bond acceptors (Lipinski definition) is 2. The highest BCUT2D eigenvalue weighted by Crippen LogP contribution is 2.34. The molecule has 3 atom stereocenters. The van der Waals surface area contributed by atoms with Gasteiger partial charge in [-0.15, -0.1) is 0 Å². The van der Waals surface area contributed by atoms with Crippen molar-refractivity contribution in [2.45, 2.75) is 64.1 Å². The number of nitrogens with two attached hydrogens (primary N) is 1. The molecule has 1 aliphatic heterocycles. The molecule has 0 bridgehead atoms. The van der Waals surface area contributed by atoms with E-state index in [0.29, 0.717) is 12.1 Å². The molecule has 2 nitrogen and oxygen atoms in total. The topological polar surface area (TPSA) is 29.3 Å². The lowest BCUT2D eigenvalue weighted by Crippen LogP contribution is -2.57. The van der Waals surface area contributed by atoms with Gasteiger partial charge in [-0.05, 0) is 45.1 Å². The predicted octanol–water partition coefficient (Wildman–Crippen LogP) is 3.21. The molecule has 2 N–H and O–H groups in total. The Morgan fingerprint density at radius 3 is 2.53 bits per heavy atom. The summed E-state index contributed by atoms with van der Waals surface area (Å²) in [5.74, 6) is 0. The van der Waals surface area contributed by atoms with E-state index in [9.17, 15) is 0 Å². The number of nitrogens with zero attached hydrogens (tertiary/aromatic N) is 1. The minimum atomic E-state index is 0.0813. The molecule has 2 rings (SSSR count). The Morgan fingerprint density at radius 1 is 1.26 bits per heavy atom. The van der Waals surface area contributed by atoms with Crippen LogP contribution in [0.1, 0.15) is 45.6 Å². The van der Waals surface area contributed by atoms with Crippen LogP contribution in [0.15, 0.2) is 30.3 Å². The Labute approximate surface area is 118 Å². The fourth-order valence-corrected chi connectivity index (χ4v) is 3.75. The van der Waals surface area contributed by atoms with Crippen molar-refractivity contribution in [3.05, 3.63) is 35.9 Å². The second-order valence-corrected chi connectivity index (χ2v) is 6.26. The molecule has 1 heterocycles. The van der Waals surface area contributed by atoms with Gasteiger partial charge in [0, 0.05) is 24.2 Å². The highest BCUT2D eigenvalue weighted by atomic mass is 15.3. The predicted molar refractivity (Wildman–Crippen MR) is 82.2 cm³/mol.